The van der Waals surface area contributed by atoms with E-state index in [1.54, 1.807) is 4.90 Å². The molecule has 0 aliphatic rings. The average Bonchev–Trinajstić information content (AvgIpc) is 2.60. The van der Waals surface area contributed by atoms with Crippen LogP contribution in [0.5, 0.6) is 0 Å². The number of nitrogens with zero attached hydrogens (tertiary/aromatic N) is 2. The molecule has 0 bridgehead atoms. The monoisotopic (exact) mass is 319 g/mol. The van der Waals surface area contributed by atoms with Crippen LogP contribution >= 0.6 is 0 Å². The molecule has 0 atom stereocenters. The number of carbonyl (C=O) groups excluding carboxylic acids is 1. The van der Waals surface area contributed by atoms with Crippen molar-refractivity contribution in [3.63, 3.8) is 0 Å². The van der Waals surface area contributed by atoms with Crippen LogP contribution in [0, 0.1) is 11.3 Å². The molecule has 0 heterocycles. The summed E-state index contributed by atoms with van der Waals surface area (Å²) in [5, 5.41) is 12.0. The summed E-state index contributed by atoms with van der Waals surface area (Å²) in [4.78, 5) is 14.3. The normalized spacial score (nSPS) is 9.71. The van der Waals surface area contributed by atoms with E-state index >= 15 is 0 Å². The van der Waals surface area contributed by atoms with Gasteiger partial charge in [0, 0.05) is 12.1 Å². The maximum atomic E-state index is 12.7. The Kier molecular flexibility index (Phi) is 6.16. The van der Waals surface area contributed by atoms with Crippen molar-refractivity contribution in [3.05, 3.63) is 71.8 Å². The van der Waals surface area contributed by atoms with Gasteiger partial charge >= 0.3 is 6.03 Å². The third kappa shape index (κ3) is 4.47. The Morgan fingerprint density at radius 1 is 1.00 bits per heavy atom. The van der Waals surface area contributed by atoms with E-state index in [2.05, 4.69) is 11.4 Å². The Labute approximate surface area is 143 Å². The zero-order chi connectivity index (χ0) is 17.4. The highest BCUT2D eigenvalue weighted by molar-refractivity contribution is 5.99. The molecular weight excluding hydrogens is 298 g/mol. The van der Waals surface area contributed by atoms with Gasteiger partial charge in [0.2, 0.25) is 0 Å². The van der Waals surface area contributed by atoms with Crippen molar-refractivity contribution < 1.29 is 4.79 Å². The summed E-state index contributed by atoms with van der Waals surface area (Å²) in [6.45, 7) is 4.23. The van der Waals surface area contributed by atoms with Gasteiger partial charge in [-0.2, -0.15) is 5.26 Å². The molecule has 0 saturated heterocycles. The summed E-state index contributed by atoms with van der Waals surface area (Å²) < 4.78 is 0. The molecule has 2 aromatic carbocycles. The highest BCUT2D eigenvalue weighted by Gasteiger charge is 2.17. The summed E-state index contributed by atoms with van der Waals surface area (Å²) in [6, 6.07) is 21.0. The van der Waals surface area contributed by atoms with E-state index in [0.29, 0.717) is 18.5 Å². The summed E-state index contributed by atoms with van der Waals surface area (Å²) in [6.07, 6.45) is 0.530. The molecule has 0 unspecified atom stereocenters. The fraction of sp³-hybridized carbons (Fsp3) is 0.200. The Bertz CT molecular complexity index is 702. The molecule has 0 aliphatic heterocycles. The van der Waals surface area contributed by atoms with E-state index in [4.69, 9.17) is 5.26 Å². The van der Waals surface area contributed by atoms with Crippen molar-refractivity contribution in [1.29, 1.82) is 5.26 Å². The number of nitriles is 1. The van der Waals surface area contributed by atoms with E-state index in [1.165, 1.54) is 0 Å². The van der Waals surface area contributed by atoms with Gasteiger partial charge in [0.1, 0.15) is 0 Å². The first kappa shape index (κ1) is 17.3. The number of hydrogen-bond acceptors (Lipinski definition) is 2. The molecule has 2 aromatic rings. The zero-order valence-corrected chi connectivity index (χ0v) is 14.0. The van der Waals surface area contributed by atoms with Crippen molar-refractivity contribution in [1.82, 2.24) is 5.32 Å². The van der Waals surface area contributed by atoms with Crippen molar-refractivity contribution in [3.8, 4) is 6.07 Å². The summed E-state index contributed by atoms with van der Waals surface area (Å²) in [7, 11) is 0. The number of benzene rings is 2. The largest absolute Gasteiger partial charge is 0.337 e. The third-order valence-electron chi connectivity index (χ3n) is 3.62. The number of allylic oxidation sites excluding steroid dienone is 1. The lowest BCUT2D eigenvalue weighted by molar-refractivity contribution is 0.248. The molecule has 0 aliphatic carbocycles. The molecule has 0 radical (unpaired) electrons. The van der Waals surface area contributed by atoms with Crippen molar-refractivity contribution in [2.45, 2.75) is 20.3 Å². The van der Waals surface area contributed by atoms with Gasteiger partial charge in [0.15, 0.2) is 0 Å². The molecule has 122 valence electrons. The van der Waals surface area contributed by atoms with Crippen LogP contribution in [0.1, 0.15) is 20.3 Å². The fourth-order valence-corrected chi connectivity index (χ4v) is 2.33. The number of anilines is 2. The maximum absolute atomic E-state index is 12.7. The van der Waals surface area contributed by atoms with E-state index in [-0.39, 0.29) is 6.03 Å². The summed E-state index contributed by atoms with van der Waals surface area (Å²) in [5.41, 5.74) is 3.28. The van der Waals surface area contributed by atoms with E-state index < -0.39 is 0 Å². The first-order valence-electron chi connectivity index (χ1n) is 7.88. The van der Waals surface area contributed by atoms with Crippen LogP contribution in [0.25, 0.3) is 0 Å². The molecule has 4 nitrogen and oxygen atoms in total. The van der Waals surface area contributed by atoms with Gasteiger partial charge in [-0.15, -0.1) is 0 Å². The van der Waals surface area contributed by atoms with Crippen LogP contribution in [0.2, 0.25) is 0 Å². The Hall–Kier alpha value is -3.06. The highest BCUT2D eigenvalue weighted by atomic mass is 16.2. The van der Waals surface area contributed by atoms with Crippen LogP contribution in [0.3, 0.4) is 0 Å². The van der Waals surface area contributed by atoms with Crippen molar-refractivity contribution >= 4 is 17.4 Å². The topological polar surface area (TPSA) is 56.1 Å². The second kappa shape index (κ2) is 8.54. The molecule has 0 aromatic heterocycles. The third-order valence-corrected chi connectivity index (χ3v) is 3.62. The molecule has 1 N–H and O–H groups in total. The molecule has 2 amide bonds. The van der Waals surface area contributed by atoms with Crippen molar-refractivity contribution in [2.24, 2.45) is 0 Å². The highest BCUT2D eigenvalue weighted by Crippen LogP contribution is 2.24. The maximum Gasteiger partial charge on any atom is 0.326 e. The average molecular weight is 319 g/mol. The van der Waals surface area contributed by atoms with Gasteiger partial charge in [-0.3, -0.25) is 4.90 Å². The first-order chi connectivity index (χ1) is 11.6. The predicted molar refractivity (Wildman–Crippen MR) is 97.0 cm³/mol. The van der Waals surface area contributed by atoms with Gasteiger partial charge in [-0.25, -0.2) is 4.79 Å². The number of amides is 2. The standard InChI is InChI=1S/C20H21N3O/c1-16(2)17(15-21)13-14-22-20(24)23(18-9-5-3-6-10-18)19-11-7-4-8-12-19/h3-12H,13-14H2,1-2H3,(H,22,24). The summed E-state index contributed by atoms with van der Waals surface area (Å²) in [5.74, 6) is 0. The Morgan fingerprint density at radius 2 is 1.50 bits per heavy atom. The zero-order valence-electron chi connectivity index (χ0n) is 14.0. The SMILES string of the molecule is CC(C)=C(C#N)CCNC(=O)N(c1ccccc1)c1ccccc1. The van der Waals surface area contributed by atoms with Crippen LogP contribution in [0.15, 0.2) is 71.8 Å². The second-order valence-electron chi connectivity index (χ2n) is 5.58. The number of nitrogens with one attached hydrogen (secondary N) is 1. The molecule has 2 rings (SSSR count). The minimum atomic E-state index is -0.210. The summed E-state index contributed by atoms with van der Waals surface area (Å²) >= 11 is 0. The van der Waals surface area contributed by atoms with Crippen LogP contribution in [-0.4, -0.2) is 12.6 Å². The van der Waals surface area contributed by atoms with Gasteiger partial charge in [0.05, 0.1) is 17.4 Å². The van der Waals surface area contributed by atoms with E-state index in [1.807, 2.05) is 74.5 Å². The number of para-hydroxylation sites is 2. The predicted octanol–water partition coefficient (Wildman–Crippen LogP) is 4.78. The number of carbonyl (C=O) groups is 1. The van der Waals surface area contributed by atoms with Crippen LogP contribution in [-0.2, 0) is 0 Å². The minimum absolute atomic E-state index is 0.210. The van der Waals surface area contributed by atoms with E-state index in [0.717, 1.165) is 16.9 Å². The number of rotatable bonds is 5. The van der Waals surface area contributed by atoms with Gasteiger partial charge in [-0.1, -0.05) is 42.0 Å². The molecular formula is C20H21N3O. The molecule has 0 fully saturated rings. The lowest BCUT2D eigenvalue weighted by atomic mass is 10.1. The number of urea groups is 1. The lowest BCUT2D eigenvalue weighted by Crippen LogP contribution is -2.37. The smallest absolute Gasteiger partial charge is 0.326 e. The van der Waals surface area contributed by atoms with Crippen LogP contribution < -0.4 is 10.2 Å². The Morgan fingerprint density at radius 3 is 1.92 bits per heavy atom. The second-order valence-corrected chi connectivity index (χ2v) is 5.58. The minimum Gasteiger partial charge on any atom is -0.337 e. The molecule has 24 heavy (non-hydrogen) atoms. The Balaban J connectivity index is 2.15. The van der Waals surface area contributed by atoms with Crippen LogP contribution in [0.4, 0.5) is 16.2 Å². The number of hydrogen-bond donors (Lipinski definition) is 1. The molecule has 0 spiro atoms. The van der Waals surface area contributed by atoms with E-state index in [9.17, 15) is 4.79 Å². The molecule has 0 saturated carbocycles. The lowest BCUT2D eigenvalue weighted by Gasteiger charge is -2.23. The first-order valence-corrected chi connectivity index (χ1v) is 7.88. The van der Waals surface area contributed by atoms with Gasteiger partial charge in [0.25, 0.3) is 0 Å². The quantitative estimate of drug-likeness (QED) is 0.806. The fourth-order valence-electron chi connectivity index (χ4n) is 2.33. The van der Waals surface area contributed by atoms with Gasteiger partial charge in [-0.05, 0) is 44.5 Å². The molecule has 4 heteroatoms. The van der Waals surface area contributed by atoms with Gasteiger partial charge < -0.3 is 5.32 Å². The van der Waals surface area contributed by atoms with Crippen molar-refractivity contribution in [2.75, 3.05) is 11.4 Å².